The Balaban J connectivity index is 2.42. The first-order valence-corrected chi connectivity index (χ1v) is 5.35. The van der Waals surface area contributed by atoms with Gasteiger partial charge in [-0.1, -0.05) is 11.2 Å². The molecule has 7 heteroatoms. The van der Waals surface area contributed by atoms with Crippen molar-refractivity contribution in [2.24, 2.45) is 5.11 Å². The molecule has 0 aromatic heterocycles. The van der Waals surface area contributed by atoms with E-state index in [1.165, 1.54) is 6.07 Å². The Morgan fingerprint density at radius 3 is 2.67 bits per heavy atom. The Morgan fingerprint density at radius 1 is 1.39 bits per heavy atom. The highest BCUT2D eigenvalue weighted by Crippen LogP contribution is 2.12. The van der Waals surface area contributed by atoms with Crippen LogP contribution in [-0.4, -0.2) is 19.0 Å². The molecular weight excluding hydrogens is 242 g/mol. The van der Waals surface area contributed by atoms with E-state index in [1.54, 1.807) is 0 Å². The fourth-order valence-electron chi connectivity index (χ4n) is 1.35. The summed E-state index contributed by atoms with van der Waals surface area (Å²) < 4.78 is 26.4. The monoisotopic (exact) mass is 254 g/mol. The van der Waals surface area contributed by atoms with Crippen LogP contribution in [0.3, 0.4) is 0 Å². The molecule has 18 heavy (non-hydrogen) atoms. The van der Waals surface area contributed by atoms with Crippen molar-refractivity contribution >= 4 is 5.91 Å². The molecule has 96 valence electrons. The second-order valence-corrected chi connectivity index (χ2v) is 3.53. The van der Waals surface area contributed by atoms with Crippen molar-refractivity contribution in [2.75, 3.05) is 13.1 Å². The fourth-order valence-corrected chi connectivity index (χ4v) is 1.35. The number of amides is 1. The third-order valence-corrected chi connectivity index (χ3v) is 2.22. The Kier molecular flexibility index (Phi) is 5.60. The first-order valence-electron chi connectivity index (χ1n) is 5.35. The second-order valence-electron chi connectivity index (χ2n) is 3.53. The maximum absolute atomic E-state index is 13.2. The molecule has 0 atom stereocenters. The minimum absolute atomic E-state index is 0.245. The summed E-state index contributed by atoms with van der Waals surface area (Å²) in [5.41, 5.74) is 7.77. The number of carbonyl (C=O) groups excluding carboxylic acids is 1. The summed E-state index contributed by atoms with van der Waals surface area (Å²) >= 11 is 0. The zero-order valence-electron chi connectivity index (χ0n) is 9.57. The molecule has 0 aliphatic carbocycles. The first-order chi connectivity index (χ1) is 8.65. The van der Waals surface area contributed by atoms with E-state index in [0.29, 0.717) is 13.0 Å². The van der Waals surface area contributed by atoms with Gasteiger partial charge in [0.1, 0.15) is 11.6 Å². The van der Waals surface area contributed by atoms with Crippen LogP contribution in [0.1, 0.15) is 12.0 Å². The van der Waals surface area contributed by atoms with E-state index in [1.807, 2.05) is 0 Å². The number of azide groups is 1. The van der Waals surface area contributed by atoms with Crippen LogP contribution in [0.2, 0.25) is 0 Å². The summed E-state index contributed by atoms with van der Waals surface area (Å²) in [7, 11) is 0. The lowest BCUT2D eigenvalue weighted by atomic mass is 10.1. The summed E-state index contributed by atoms with van der Waals surface area (Å²) in [5.74, 6) is -1.95. The average Bonchev–Trinajstić information content (AvgIpc) is 2.34. The zero-order valence-corrected chi connectivity index (χ0v) is 9.57. The highest BCUT2D eigenvalue weighted by molar-refractivity contribution is 5.78. The minimum Gasteiger partial charge on any atom is -0.356 e. The molecule has 0 aliphatic rings. The summed E-state index contributed by atoms with van der Waals surface area (Å²) in [4.78, 5) is 14.0. The molecule has 0 saturated heterocycles. The van der Waals surface area contributed by atoms with Gasteiger partial charge >= 0.3 is 0 Å². The van der Waals surface area contributed by atoms with Crippen molar-refractivity contribution in [3.63, 3.8) is 0 Å². The standard InChI is InChI=1S/C11H12F2N4O/c12-9-3-1-4-10(13)8(9)7-11(18)15-5-2-6-16-17-14/h1,3-4H,2,5-7H2,(H,15,18). The van der Waals surface area contributed by atoms with E-state index < -0.39 is 17.5 Å². The van der Waals surface area contributed by atoms with Gasteiger partial charge in [-0.25, -0.2) is 8.78 Å². The van der Waals surface area contributed by atoms with E-state index in [9.17, 15) is 13.6 Å². The van der Waals surface area contributed by atoms with E-state index in [0.717, 1.165) is 12.1 Å². The van der Waals surface area contributed by atoms with Crippen molar-refractivity contribution in [3.05, 3.63) is 45.8 Å². The molecule has 1 rings (SSSR count). The van der Waals surface area contributed by atoms with Crippen LogP contribution < -0.4 is 5.32 Å². The molecule has 1 aromatic rings. The van der Waals surface area contributed by atoms with E-state index in [4.69, 9.17) is 5.53 Å². The molecule has 0 saturated carbocycles. The van der Waals surface area contributed by atoms with Gasteiger partial charge in [-0.2, -0.15) is 0 Å². The van der Waals surface area contributed by atoms with Crippen molar-refractivity contribution in [1.82, 2.24) is 5.32 Å². The quantitative estimate of drug-likeness (QED) is 0.359. The molecule has 0 aliphatic heterocycles. The normalized spacial score (nSPS) is 9.67. The van der Waals surface area contributed by atoms with Crippen molar-refractivity contribution < 1.29 is 13.6 Å². The second kappa shape index (κ2) is 7.24. The van der Waals surface area contributed by atoms with Gasteiger partial charge in [-0.3, -0.25) is 4.79 Å². The molecule has 0 radical (unpaired) electrons. The third-order valence-electron chi connectivity index (χ3n) is 2.22. The van der Waals surface area contributed by atoms with Crippen LogP contribution in [0.5, 0.6) is 0 Å². The fraction of sp³-hybridized carbons (Fsp3) is 0.364. The van der Waals surface area contributed by atoms with E-state index in [-0.39, 0.29) is 18.5 Å². The molecule has 0 heterocycles. The SMILES string of the molecule is [N-]=[N+]=NCCCNC(=O)Cc1c(F)cccc1F. The molecule has 1 N–H and O–H groups in total. The van der Waals surface area contributed by atoms with Crippen molar-refractivity contribution in [3.8, 4) is 0 Å². The lowest BCUT2D eigenvalue weighted by Gasteiger charge is -2.06. The number of benzene rings is 1. The maximum Gasteiger partial charge on any atom is 0.224 e. The first kappa shape index (κ1) is 13.9. The van der Waals surface area contributed by atoms with E-state index in [2.05, 4.69) is 15.3 Å². The van der Waals surface area contributed by atoms with Gasteiger partial charge in [0.05, 0.1) is 6.42 Å². The number of halogens is 2. The van der Waals surface area contributed by atoms with Gasteiger partial charge in [-0.05, 0) is 24.1 Å². The van der Waals surface area contributed by atoms with Crippen LogP contribution in [0.15, 0.2) is 23.3 Å². The summed E-state index contributed by atoms with van der Waals surface area (Å²) in [5, 5.41) is 5.78. The van der Waals surface area contributed by atoms with Crippen LogP contribution in [0.4, 0.5) is 8.78 Å². The molecule has 0 fully saturated rings. The predicted octanol–water partition coefficient (Wildman–Crippen LogP) is 2.32. The van der Waals surface area contributed by atoms with Gasteiger partial charge in [0.25, 0.3) is 0 Å². The molecule has 0 unspecified atom stereocenters. The molecular formula is C11H12F2N4O. The Bertz CT molecular complexity index is 452. The number of hydrogen-bond donors (Lipinski definition) is 1. The van der Waals surface area contributed by atoms with Crippen molar-refractivity contribution in [1.29, 1.82) is 0 Å². The van der Waals surface area contributed by atoms with Crippen LogP contribution in [0, 0.1) is 11.6 Å². The lowest BCUT2D eigenvalue weighted by molar-refractivity contribution is -0.120. The summed E-state index contributed by atoms with van der Waals surface area (Å²) in [6.07, 6.45) is 0.135. The maximum atomic E-state index is 13.2. The number of nitrogens with one attached hydrogen (secondary N) is 1. The summed E-state index contributed by atoms with van der Waals surface area (Å²) in [6, 6.07) is 3.45. The van der Waals surface area contributed by atoms with Gasteiger partial charge < -0.3 is 5.32 Å². The number of carbonyl (C=O) groups is 1. The van der Waals surface area contributed by atoms with Gasteiger partial charge in [0.15, 0.2) is 0 Å². The molecule has 0 bridgehead atoms. The lowest BCUT2D eigenvalue weighted by Crippen LogP contribution is -2.27. The Labute approximate surface area is 102 Å². The van der Waals surface area contributed by atoms with Gasteiger partial charge in [0, 0.05) is 23.6 Å². The highest BCUT2D eigenvalue weighted by Gasteiger charge is 2.12. The van der Waals surface area contributed by atoms with Crippen LogP contribution in [0.25, 0.3) is 10.4 Å². The molecule has 5 nitrogen and oxygen atoms in total. The van der Waals surface area contributed by atoms with E-state index >= 15 is 0 Å². The third kappa shape index (κ3) is 4.39. The number of rotatable bonds is 6. The molecule has 1 amide bonds. The zero-order chi connectivity index (χ0) is 13.4. The highest BCUT2D eigenvalue weighted by atomic mass is 19.1. The van der Waals surface area contributed by atoms with Gasteiger partial charge in [-0.15, -0.1) is 0 Å². The number of hydrogen-bond acceptors (Lipinski definition) is 2. The molecule has 0 spiro atoms. The Hall–Kier alpha value is -2.14. The summed E-state index contributed by atoms with van der Waals surface area (Å²) in [6.45, 7) is 0.568. The van der Waals surface area contributed by atoms with Gasteiger partial charge in [0.2, 0.25) is 5.91 Å². The minimum atomic E-state index is -0.737. The predicted molar refractivity (Wildman–Crippen MR) is 61.7 cm³/mol. The Morgan fingerprint density at radius 2 is 2.06 bits per heavy atom. The average molecular weight is 254 g/mol. The number of nitrogens with zero attached hydrogens (tertiary/aromatic N) is 3. The topological polar surface area (TPSA) is 77.9 Å². The smallest absolute Gasteiger partial charge is 0.224 e. The van der Waals surface area contributed by atoms with Crippen molar-refractivity contribution in [2.45, 2.75) is 12.8 Å². The molecule has 1 aromatic carbocycles. The van der Waals surface area contributed by atoms with Crippen LogP contribution >= 0.6 is 0 Å². The van der Waals surface area contributed by atoms with Crippen LogP contribution in [-0.2, 0) is 11.2 Å². The largest absolute Gasteiger partial charge is 0.356 e.